The summed E-state index contributed by atoms with van der Waals surface area (Å²) in [7, 11) is 0. The predicted octanol–water partition coefficient (Wildman–Crippen LogP) is 3.52. The summed E-state index contributed by atoms with van der Waals surface area (Å²) in [6, 6.07) is 8.86. The Kier molecular flexibility index (Phi) is 6.28. The number of ether oxygens (including phenoxy) is 1. The van der Waals surface area contributed by atoms with Crippen LogP contribution in [0, 0.1) is 10.5 Å². The molecule has 5 nitrogen and oxygen atoms in total. The number of benzene rings is 1. The van der Waals surface area contributed by atoms with Crippen molar-refractivity contribution in [2.45, 2.75) is 13.8 Å². The number of aromatic nitrogens is 1. The highest BCUT2D eigenvalue weighted by molar-refractivity contribution is 14.1. The smallest absolute Gasteiger partial charge is 0.257 e. The quantitative estimate of drug-likeness (QED) is 0.562. The second-order valence-electron chi connectivity index (χ2n) is 4.68. The minimum absolute atomic E-state index is 0.209. The molecule has 0 bridgehead atoms. The molecule has 1 amide bonds. The highest BCUT2D eigenvalue weighted by atomic mass is 127. The first-order chi connectivity index (χ1) is 11.0. The number of thiocarbonyl (C=S) groups is 1. The molecule has 1 aromatic heterocycles. The topological polar surface area (TPSA) is 63.2 Å². The summed E-state index contributed by atoms with van der Waals surface area (Å²) in [5, 5.41) is 5.78. The molecule has 0 saturated carbocycles. The number of carbonyl (C=O) groups excluding carboxylic acids is 1. The zero-order valence-corrected chi connectivity index (χ0v) is 15.7. The molecule has 2 rings (SSSR count). The molecule has 0 unspecified atom stereocenters. The fourth-order valence-electron chi connectivity index (χ4n) is 1.85. The fraction of sp³-hybridized carbons (Fsp3) is 0.188. The van der Waals surface area contributed by atoms with E-state index in [1.807, 2.05) is 19.9 Å². The Labute approximate surface area is 154 Å². The van der Waals surface area contributed by atoms with Gasteiger partial charge in [-0.05, 0) is 84.6 Å². The van der Waals surface area contributed by atoms with Gasteiger partial charge < -0.3 is 10.1 Å². The first-order valence-corrected chi connectivity index (χ1v) is 8.45. The van der Waals surface area contributed by atoms with Crippen LogP contribution in [0.25, 0.3) is 0 Å². The molecule has 0 aliphatic carbocycles. The Morgan fingerprint density at radius 1 is 1.35 bits per heavy atom. The van der Waals surface area contributed by atoms with Crippen LogP contribution in [0.4, 0.5) is 5.82 Å². The van der Waals surface area contributed by atoms with Crippen molar-refractivity contribution in [3.05, 3.63) is 51.2 Å². The molecule has 0 aliphatic rings. The van der Waals surface area contributed by atoms with Gasteiger partial charge in [0.1, 0.15) is 11.6 Å². The van der Waals surface area contributed by atoms with Crippen molar-refractivity contribution in [3.8, 4) is 5.75 Å². The number of carbonyl (C=O) groups is 1. The van der Waals surface area contributed by atoms with Crippen LogP contribution in [0.1, 0.15) is 22.8 Å². The van der Waals surface area contributed by atoms with Gasteiger partial charge in [0, 0.05) is 15.3 Å². The largest absolute Gasteiger partial charge is 0.494 e. The lowest BCUT2D eigenvalue weighted by Gasteiger charge is -2.11. The van der Waals surface area contributed by atoms with Crippen LogP contribution in [0.15, 0.2) is 36.5 Å². The molecular weight excluding hydrogens is 425 g/mol. The molecule has 7 heteroatoms. The van der Waals surface area contributed by atoms with E-state index in [4.69, 9.17) is 17.0 Å². The van der Waals surface area contributed by atoms with Crippen molar-refractivity contribution >= 4 is 51.6 Å². The van der Waals surface area contributed by atoms with Crippen LogP contribution in [-0.2, 0) is 0 Å². The van der Waals surface area contributed by atoms with Gasteiger partial charge in [-0.15, -0.1) is 0 Å². The van der Waals surface area contributed by atoms with E-state index < -0.39 is 0 Å². The molecule has 0 atom stereocenters. The third-order valence-corrected chi connectivity index (χ3v) is 3.73. The van der Waals surface area contributed by atoms with E-state index in [9.17, 15) is 4.79 Å². The number of anilines is 1. The maximum atomic E-state index is 12.2. The van der Waals surface area contributed by atoms with Crippen molar-refractivity contribution in [1.29, 1.82) is 0 Å². The Morgan fingerprint density at radius 2 is 2.04 bits per heavy atom. The minimum Gasteiger partial charge on any atom is -0.494 e. The molecule has 2 aromatic rings. The first kappa shape index (κ1) is 17.6. The van der Waals surface area contributed by atoms with Gasteiger partial charge in [0.25, 0.3) is 5.91 Å². The number of halogens is 1. The molecule has 0 saturated heterocycles. The summed E-state index contributed by atoms with van der Waals surface area (Å²) in [4.78, 5) is 16.4. The SMILES string of the molecule is CCOc1ccc(C(=O)NC(=S)Nc2ncc(I)cc2C)cc1. The zero-order valence-electron chi connectivity index (χ0n) is 12.7. The Bertz CT molecular complexity index is 720. The summed E-state index contributed by atoms with van der Waals surface area (Å²) < 4.78 is 6.38. The van der Waals surface area contributed by atoms with E-state index >= 15 is 0 Å². The zero-order chi connectivity index (χ0) is 16.8. The maximum absolute atomic E-state index is 12.2. The van der Waals surface area contributed by atoms with Gasteiger partial charge in [-0.25, -0.2) is 4.98 Å². The average molecular weight is 441 g/mol. The summed E-state index contributed by atoms with van der Waals surface area (Å²) in [5.41, 5.74) is 1.46. The second kappa shape index (κ2) is 8.21. The first-order valence-electron chi connectivity index (χ1n) is 6.97. The number of aryl methyl sites for hydroxylation is 1. The Balaban J connectivity index is 1.97. The van der Waals surface area contributed by atoms with Crippen molar-refractivity contribution in [1.82, 2.24) is 10.3 Å². The predicted molar refractivity (Wildman–Crippen MR) is 103 cm³/mol. The van der Waals surface area contributed by atoms with Crippen LogP contribution in [0.3, 0.4) is 0 Å². The standard InChI is InChI=1S/C16H16IN3O2S/c1-3-22-13-6-4-11(5-7-13)15(21)20-16(23)19-14-10(2)8-12(17)9-18-14/h4-9H,3H2,1-2H3,(H2,18,19,20,21,23). The fourth-order valence-corrected chi connectivity index (χ4v) is 2.65. The number of hydrogen-bond donors (Lipinski definition) is 2. The average Bonchev–Trinajstić information content (AvgIpc) is 2.51. The Morgan fingerprint density at radius 3 is 2.65 bits per heavy atom. The van der Waals surface area contributed by atoms with Crippen LogP contribution in [0.2, 0.25) is 0 Å². The molecular formula is C16H16IN3O2S. The molecule has 1 aromatic carbocycles. The number of nitrogens with zero attached hydrogens (tertiary/aromatic N) is 1. The normalized spacial score (nSPS) is 10.0. The van der Waals surface area contributed by atoms with Gasteiger partial charge in [0.05, 0.1) is 6.61 Å². The van der Waals surface area contributed by atoms with Crippen LogP contribution in [-0.4, -0.2) is 22.6 Å². The van der Waals surface area contributed by atoms with E-state index in [2.05, 4.69) is 38.2 Å². The molecule has 120 valence electrons. The van der Waals surface area contributed by atoms with Gasteiger partial charge in [0.15, 0.2) is 5.11 Å². The van der Waals surface area contributed by atoms with E-state index in [0.717, 1.165) is 14.9 Å². The van der Waals surface area contributed by atoms with Gasteiger partial charge in [-0.3, -0.25) is 10.1 Å². The Hall–Kier alpha value is -1.74. The number of rotatable bonds is 4. The van der Waals surface area contributed by atoms with Crippen LogP contribution in [0.5, 0.6) is 5.75 Å². The van der Waals surface area contributed by atoms with E-state index in [1.165, 1.54) is 0 Å². The third-order valence-electron chi connectivity index (χ3n) is 2.93. The molecule has 0 fully saturated rings. The van der Waals surface area contributed by atoms with Crippen molar-refractivity contribution in [2.75, 3.05) is 11.9 Å². The summed E-state index contributed by atoms with van der Waals surface area (Å²) in [5.74, 6) is 1.07. The molecule has 1 heterocycles. The summed E-state index contributed by atoms with van der Waals surface area (Å²) in [6.45, 7) is 4.42. The highest BCUT2D eigenvalue weighted by Gasteiger charge is 2.09. The second-order valence-corrected chi connectivity index (χ2v) is 6.34. The van der Waals surface area contributed by atoms with E-state index in [1.54, 1.807) is 30.5 Å². The van der Waals surface area contributed by atoms with Gasteiger partial charge in [-0.2, -0.15) is 0 Å². The van der Waals surface area contributed by atoms with Crippen LogP contribution >= 0.6 is 34.8 Å². The third kappa shape index (κ3) is 5.14. The molecule has 23 heavy (non-hydrogen) atoms. The minimum atomic E-state index is -0.284. The maximum Gasteiger partial charge on any atom is 0.257 e. The van der Waals surface area contributed by atoms with Crippen molar-refractivity contribution < 1.29 is 9.53 Å². The monoisotopic (exact) mass is 441 g/mol. The van der Waals surface area contributed by atoms with Gasteiger partial charge in [0.2, 0.25) is 0 Å². The molecule has 0 aliphatic heterocycles. The lowest BCUT2D eigenvalue weighted by molar-refractivity contribution is 0.0977. The van der Waals surface area contributed by atoms with Gasteiger partial charge >= 0.3 is 0 Å². The van der Waals surface area contributed by atoms with Crippen LogP contribution < -0.4 is 15.4 Å². The number of nitrogens with one attached hydrogen (secondary N) is 2. The lowest BCUT2D eigenvalue weighted by Crippen LogP contribution is -2.34. The molecule has 2 N–H and O–H groups in total. The number of amides is 1. The van der Waals surface area contributed by atoms with Crippen molar-refractivity contribution in [3.63, 3.8) is 0 Å². The van der Waals surface area contributed by atoms with E-state index in [-0.39, 0.29) is 11.0 Å². The summed E-state index contributed by atoms with van der Waals surface area (Å²) in [6.07, 6.45) is 1.73. The number of hydrogen-bond acceptors (Lipinski definition) is 4. The molecule has 0 radical (unpaired) electrons. The molecule has 0 spiro atoms. The lowest BCUT2D eigenvalue weighted by atomic mass is 10.2. The number of pyridine rings is 1. The van der Waals surface area contributed by atoms with E-state index in [0.29, 0.717) is 18.0 Å². The highest BCUT2D eigenvalue weighted by Crippen LogP contribution is 2.14. The summed E-state index contributed by atoms with van der Waals surface area (Å²) >= 11 is 7.35. The van der Waals surface area contributed by atoms with Gasteiger partial charge in [-0.1, -0.05) is 0 Å². The van der Waals surface area contributed by atoms with Crippen molar-refractivity contribution in [2.24, 2.45) is 0 Å².